The molecular formula is C13H11ClN2O. The van der Waals surface area contributed by atoms with E-state index < -0.39 is 0 Å². The molecule has 3 rings (SSSR count). The predicted molar refractivity (Wildman–Crippen MR) is 68.7 cm³/mol. The number of hydrogen-bond acceptors (Lipinski definition) is 2. The van der Waals surface area contributed by atoms with Crippen LogP contribution in [0.1, 0.15) is 18.5 Å². The van der Waals surface area contributed by atoms with E-state index in [4.69, 9.17) is 11.6 Å². The lowest BCUT2D eigenvalue weighted by atomic mass is 10.0. The van der Waals surface area contributed by atoms with Crippen LogP contribution in [0, 0.1) is 0 Å². The average molecular weight is 247 g/mol. The molecule has 3 nitrogen and oxygen atoms in total. The molecule has 1 unspecified atom stereocenters. The summed E-state index contributed by atoms with van der Waals surface area (Å²) in [5, 5.41) is 1.08. The van der Waals surface area contributed by atoms with Gasteiger partial charge < -0.3 is 4.98 Å². The fourth-order valence-corrected chi connectivity index (χ4v) is 2.27. The molecule has 1 aromatic carbocycles. The molecule has 0 fully saturated rings. The highest BCUT2D eigenvalue weighted by molar-refractivity contribution is 6.47. The van der Waals surface area contributed by atoms with E-state index in [2.05, 4.69) is 9.98 Å². The maximum Gasteiger partial charge on any atom is 0.183 e. The second kappa shape index (κ2) is 4.00. The number of carbonyl (C=O) groups is 1. The molecule has 0 bridgehead atoms. The number of Topliss-reactive ketones (excluding diaryl/α,β-unsaturated/α-hetero) is 1. The molecule has 2 heterocycles. The lowest BCUT2D eigenvalue weighted by Gasteiger charge is -2.13. The minimum atomic E-state index is -0.283. The zero-order valence-electron chi connectivity index (χ0n) is 9.11. The Hall–Kier alpha value is -1.61. The Labute approximate surface area is 104 Å². The number of halogens is 1. The highest BCUT2D eigenvalue weighted by Crippen LogP contribution is 2.21. The molecule has 1 aliphatic heterocycles. The number of hydrogen-bond donors (Lipinski definition) is 1. The van der Waals surface area contributed by atoms with Crippen LogP contribution < -0.4 is 0 Å². The fraction of sp³-hybridized carbons (Fsp3) is 0.231. The van der Waals surface area contributed by atoms with Crippen molar-refractivity contribution in [3.63, 3.8) is 0 Å². The number of aliphatic imine (C=N–C) groups is 1. The third-order valence-corrected chi connectivity index (χ3v) is 3.24. The number of rotatable bonds is 1. The largest absolute Gasteiger partial charge is 0.353 e. The Kier molecular flexibility index (Phi) is 2.48. The molecule has 2 aromatic rings. The SMILES string of the molecule is O=C1CCC(Cl)N=C1c1cc2ccccc2[nH]1. The van der Waals surface area contributed by atoms with Crippen LogP contribution in [-0.4, -0.2) is 22.0 Å². The number of para-hydroxylation sites is 1. The maximum atomic E-state index is 11.8. The summed E-state index contributed by atoms with van der Waals surface area (Å²) in [6, 6.07) is 9.85. The summed E-state index contributed by atoms with van der Waals surface area (Å²) in [6.45, 7) is 0. The highest BCUT2D eigenvalue weighted by atomic mass is 35.5. The molecule has 0 saturated heterocycles. The average Bonchev–Trinajstić information content (AvgIpc) is 2.75. The number of ketones is 1. The highest BCUT2D eigenvalue weighted by Gasteiger charge is 2.23. The Bertz CT molecular complexity index is 582. The first-order valence-corrected chi connectivity index (χ1v) is 6.01. The van der Waals surface area contributed by atoms with Crippen LogP contribution in [0.3, 0.4) is 0 Å². The number of alkyl halides is 1. The molecule has 1 N–H and O–H groups in total. The Balaban J connectivity index is 2.11. The van der Waals surface area contributed by atoms with Gasteiger partial charge in [0.1, 0.15) is 11.2 Å². The number of fused-ring (bicyclic) bond motifs is 1. The van der Waals surface area contributed by atoms with Gasteiger partial charge in [0.05, 0.1) is 5.69 Å². The lowest BCUT2D eigenvalue weighted by molar-refractivity contribution is -0.113. The zero-order chi connectivity index (χ0) is 11.8. The van der Waals surface area contributed by atoms with Crippen LogP contribution in [0.15, 0.2) is 35.3 Å². The molecule has 1 aliphatic rings. The first-order chi connectivity index (χ1) is 8.24. The lowest BCUT2D eigenvalue weighted by Crippen LogP contribution is -2.23. The topological polar surface area (TPSA) is 45.2 Å². The number of nitrogens with one attached hydrogen (secondary N) is 1. The quantitative estimate of drug-likeness (QED) is 0.610. The molecule has 17 heavy (non-hydrogen) atoms. The fourth-order valence-electron chi connectivity index (χ4n) is 2.07. The van der Waals surface area contributed by atoms with Gasteiger partial charge in [0.2, 0.25) is 0 Å². The number of aromatic nitrogens is 1. The van der Waals surface area contributed by atoms with Crippen molar-refractivity contribution in [2.45, 2.75) is 18.3 Å². The van der Waals surface area contributed by atoms with E-state index in [1.807, 2.05) is 30.3 Å². The zero-order valence-corrected chi connectivity index (χ0v) is 9.87. The summed E-state index contributed by atoms with van der Waals surface area (Å²) >= 11 is 5.97. The Morgan fingerprint density at radius 2 is 2.18 bits per heavy atom. The van der Waals surface area contributed by atoms with Crippen molar-refractivity contribution in [3.8, 4) is 0 Å². The number of nitrogens with zero attached hydrogens (tertiary/aromatic N) is 1. The second-order valence-corrected chi connectivity index (χ2v) is 4.65. The number of H-pyrrole nitrogens is 1. The summed E-state index contributed by atoms with van der Waals surface area (Å²) in [7, 11) is 0. The molecular weight excluding hydrogens is 236 g/mol. The summed E-state index contributed by atoms with van der Waals surface area (Å²) in [6.07, 6.45) is 1.10. The molecule has 0 radical (unpaired) electrons. The molecule has 0 aliphatic carbocycles. The molecule has 1 aromatic heterocycles. The summed E-state index contributed by atoms with van der Waals surface area (Å²) in [5.41, 5.74) is 1.97. The predicted octanol–water partition coefficient (Wildman–Crippen LogP) is 2.88. The van der Waals surface area contributed by atoms with E-state index in [0.717, 1.165) is 16.6 Å². The molecule has 0 spiro atoms. The third kappa shape index (κ3) is 1.87. The van der Waals surface area contributed by atoms with Gasteiger partial charge in [-0.25, -0.2) is 0 Å². The van der Waals surface area contributed by atoms with Crippen LogP contribution in [-0.2, 0) is 4.79 Å². The monoisotopic (exact) mass is 246 g/mol. The molecule has 0 amide bonds. The number of benzene rings is 1. The van der Waals surface area contributed by atoms with Gasteiger partial charge in [0.25, 0.3) is 0 Å². The third-order valence-electron chi connectivity index (χ3n) is 2.93. The van der Waals surface area contributed by atoms with Crippen molar-refractivity contribution in [2.24, 2.45) is 4.99 Å². The van der Waals surface area contributed by atoms with E-state index in [0.29, 0.717) is 18.6 Å². The molecule has 1 atom stereocenters. The van der Waals surface area contributed by atoms with E-state index in [-0.39, 0.29) is 11.3 Å². The van der Waals surface area contributed by atoms with Gasteiger partial charge in [0.15, 0.2) is 5.78 Å². The van der Waals surface area contributed by atoms with Gasteiger partial charge in [-0.05, 0) is 18.6 Å². The number of carbonyl (C=O) groups excluding carboxylic acids is 1. The van der Waals surface area contributed by atoms with E-state index in [1.54, 1.807) is 0 Å². The molecule has 0 saturated carbocycles. The van der Waals surface area contributed by atoms with Gasteiger partial charge in [-0.2, -0.15) is 0 Å². The smallest absolute Gasteiger partial charge is 0.183 e. The molecule has 86 valence electrons. The number of aromatic amines is 1. The van der Waals surface area contributed by atoms with Crippen LogP contribution >= 0.6 is 11.6 Å². The van der Waals surface area contributed by atoms with Crippen LogP contribution in [0.4, 0.5) is 0 Å². The van der Waals surface area contributed by atoms with Crippen LogP contribution in [0.25, 0.3) is 10.9 Å². The van der Waals surface area contributed by atoms with Gasteiger partial charge in [-0.1, -0.05) is 29.8 Å². The van der Waals surface area contributed by atoms with Crippen molar-refractivity contribution in [1.82, 2.24) is 4.98 Å². The Morgan fingerprint density at radius 1 is 1.35 bits per heavy atom. The normalized spacial score (nSPS) is 20.6. The Morgan fingerprint density at radius 3 is 3.00 bits per heavy atom. The van der Waals surface area contributed by atoms with Gasteiger partial charge >= 0.3 is 0 Å². The minimum Gasteiger partial charge on any atom is -0.353 e. The van der Waals surface area contributed by atoms with Crippen molar-refractivity contribution in [3.05, 3.63) is 36.0 Å². The second-order valence-electron chi connectivity index (χ2n) is 4.14. The summed E-state index contributed by atoms with van der Waals surface area (Å²) in [4.78, 5) is 19.2. The van der Waals surface area contributed by atoms with Crippen molar-refractivity contribution in [1.29, 1.82) is 0 Å². The van der Waals surface area contributed by atoms with Crippen LogP contribution in [0.5, 0.6) is 0 Å². The van der Waals surface area contributed by atoms with E-state index in [1.165, 1.54) is 0 Å². The van der Waals surface area contributed by atoms with Crippen LogP contribution in [0.2, 0.25) is 0 Å². The maximum absolute atomic E-state index is 11.8. The van der Waals surface area contributed by atoms with Crippen molar-refractivity contribution >= 4 is 34.0 Å². The van der Waals surface area contributed by atoms with Crippen molar-refractivity contribution in [2.75, 3.05) is 0 Å². The first kappa shape index (κ1) is 10.5. The minimum absolute atomic E-state index is 0.0634. The van der Waals surface area contributed by atoms with E-state index >= 15 is 0 Å². The summed E-state index contributed by atoms with van der Waals surface area (Å²) < 4.78 is 0. The van der Waals surface area contributed by atoms with Gasteiger partial charge in [-0.15, -0.1) is 0 Å². The standard InChI is InChI=1S/C13H11ClN2O/c14-12-6-5-11(17)13(16-12)10-7-8-3-1-2-4-9(8)15-10/h1-4,7,12,15H,5-6H2. The first-order valence-electron chi connectivity index (χ1n) is 5.57. The van der Waals surface area contributed by atoms with Gasteiger partial charge in [-0.3, -0.25) is 9.79 Å². The van der Waals surface area contributed by atoms with Crippen molar-refractivity contribution < 1.29 is 4.79 Å². The molecule has 4 heteroatoms. The summed E-state index contributed by atoms with van der Waals surface area (Å²) in [5.74, 6) is 0.0634. The van der Waals surface area contributed by atoms with Gasteiger partial charge in [0, 0.05) is 17.3 Å². The van der Waals surface area contributed by atoms with E-state index in [9.17, 15) is 4.79 Å².